The molecule has 4 heterocycles. The van der Waals surface area contributed by atoms with Gasteiger partial charge in [0.1, 0.15) is 6.33 Å². The summed E-state index contributed by atoms with van der Waals surface area (Å²) >= 11 is 1.63. The number of hydrogen-bond acceptors (Lipinski definition) is 9. The second kappa shape index (κ2) is 9.42. The van der Waals surface area contributed by atoms with E-state index in [2.05, 4.69) is 19.9 Å². The zero-order valence-electron chi connectivity index (χ0n) is 18.1. The number of piperidine rings is 1. The van der Waals surface area contributed by atoms with Crippen molar-refractivity contribution in [3.05, 3.63) is 12.7 Å². The number of hydrogen-bond donors (Lipinski definition) is 0. The highest BCUT2D eigenvalue weighted by atomic mass is 32.2. The van der Waals surface area contributed by atoms with Crippen molar-refractivity contribution < 1.29 is 19.1 Å². The van der Waals surface area contributed by atoms with Crippen LogP contribution < -0.4 is 4.90 Å². The minimum atomic E-state index is -1.06. The average molecular weight is 448 g/mol. The van der Waals surface area contributed by atoms with Gasteiger partial charge in [0.25, 0.3) is 0 Å². The van der Waals surface area contributed by atoms with E-state index in [-0.39, 0.29) is 30.9 Å². The van der Waals surface area contributed by atoms with Crippen molar-refractivity contribution in [3.63, 3.8) is 0 Å². The van der Waals surface area contributed by atoms with E-state index in [9.17, 15) is 9.59 Å². The lowest BCUT2D eigenvalue weighted by Crippen LogP contribution is -2.49. The predicted molar refractivity (Wildman–Crippen MR) is 118 cm³/mol. The van der Waals surface area contributed by atoms with Crippen molar-refractivity contribution in [1.29, 1.82) is 0 Å². The first-order chi connectivity index (χ1) is 15.1. The maximum Gasteiger partial charge on any atom is 0.333 e. The summed E-state index contributed by atoms with van der Waals surface area (Å²) < 4.78 is 12.5. The molecule has 0 N–H and O–H groups in total. The lowest BCUT2D eigenvalue weighted by Gasteiger charge is -2.33. The number of ether oxygens (including phenoxy) is 2. The van der Waals surface area contributed by atoms with Gasteiger partial charge in [0.15, 0.2) is 22.5 Å². The molecule has 2 atom stereocenters. The smallest absolute Gasteiger partial charge is 0.333 e. The van der Waals surface area contributed by atoms with Gasteiger partial charge in [-0.3, -0.25) is 9.36 Å². The Bertz CT molecular complexity index is 945. The summed E-state index contributed by atoms with van der Waals surface area (Å²) in [6.45, 7) is 6.01. The quantitative estimate of drug-likeness (QED) is 0.592. The Morgan fingerprint density at radius 3 is 2.65 bits per heavy atom. The first kappa shape index (κ1) is 21.9. The van der Waals surface area contributed by atoms with Crippen LogP contribution in [0.5, 0.6) is 0 Å². The van der Waals surface area contributed by atoms with Gasteiger partial charge < -0.3 is 14.4 Å². The molecule has 2 aromatic rings. The van der Waals surface area contributed by atoms with Crippen LogP contribution in [0.4, 0.5) is 5.82 Å². The molecule has 31 heavy (non-hydrogen) atoms. The molecule has 0 radical (unpaired) electrons. The Labute approximate surface area is 185 Å². The molecular formula is C21H29N5O4S. The van der Waals surface area contributed by atoms with Crippen LogP contribution >= 0.6 is 11.8 Å². The molecule has 0 amide bonds. The van der Waals surface area contributed by atoms with Gasteiger partial charge >= 0.3 is 11.9 Å². The van der Waals surface area contributed by atoms with Gasteiger partial charge in [-0.1, -0.05) is 0 Å². The minimum Gasteiger partial charge on any atom is -0.466 e. The van der Waals surface area contributed by atoms with Crippen LogP contribution in [0.3, 0.4) is 0 Å². The maximum absolute atomic E-state index is 13.4. The van der Waals surface area contributed by atoms with Crippen LogP contribution in [-0.4, -0.2) is 69.3 Å². The van der Waals surface area contributed by atoms with Gasteiger partial charge in [-0.05, 0) is 38.9 Å². The number of carbonyl (C=O) groups is 2. The fourth-order valence-electron chi connectivity index (χ4n) is 4.56. The van der Waals surface area contributed by atoms with E-state index in [4.69, 9.17) is 9.47 Å². The Hall–Kier alpha value is -2.36. The third-order valence-corrected chi connectivity index (χ3v) is 7.35. The van der Waals surface area contributed by atoms with E-state index in [1.807, 2.05) is 4.57 Å². The summed E-state index contributed by atoms with van der Waals surface area (Å²) in [5.41, 5.74) is 0.218. The lowest BCUT2D eigenvalue weighted by atomic mass is 9.84. The van der Waals surface area contributed by atoms with E-state index in [0.29, 0.717) is 29.3 Å². The molecule has 0 spiro atoms. The Balaban J connectivity index is 1.78. The lowest BCUT2D eigenvalue weighted by molar-refractivity contribution is -0.156. The van der Waals surface area contributed by atoms with Crippen LogP contribution in [-0.2, 0) is 24.6 Å². The number of rotatable bonds is 7. The summed E-state index contributed by atoms with van der Waals surface area (Å²) in [5.74, 6) is 1.01. The number of carbonyl (C=O) groups excluding carboxylic acids is 2. The zero-order valence-corrected chi connectivity index (χ0v) is 18.9. The Morgan fingerprint density at radius 2 is 1.90 bits per heavy atom. The largest absolute Gasteiger partial charge is 0.466 e. The molecule has 168 valence electrons. The van der Waals surface area contributed by atoms with E-state index >= 15 is 0 Å². The number of esters is 2. The van der Waals surface area contributed by atoms with Crippen molar-refractivity contribution in [2.45, 2.75) is 45.1 Å². The van der Waals surface area contributed by atoms with Crippen LogP contribution in [0.2, 0.25) is 0 Å². The van der Waals surface area contributed by atoms with Crippen LogP contribution in [0, 0.1) is 5.92 Å². The van der Waals surface area contributed by atoms with Crippen LogP contribution in [0.25, 0.3) is 11.2 Å². The van der Waals surface area contributed by atoms with Gasteiger partial charge in [0.2, 0.25) is 0 Å². The molecule has 2 unspecified atom stereocenters. The molecule has 9 nitrogen and oxygen atoms in total. The normalized spacial score (nSPS) is 23.8. The predicted octanol–water partition coefficient (Wildman–Crippen LogP) is 2.39. The SMILES string of the molecule is CCOC(=O)CC1CSCC1(C(=O)OCC)n1cnc2c(N3CCCCC3)ncnc21. The number of thioether (sulfide) groups is 1. The van der Waals surface area contributed by atoms with Crippen molar-refractivity contribution in [3.8, 4) is 0 Å². The Morgan fingerprint density at radius 1 is 1.13 bits per heavy atom. The monoisotopic (exact) mass is 447 g/mol. The number of aromatic nitrogens is 4. The molecule has 4 rings (SSSR count). The van der Waals surface area contributed by atoms with Gasteiger partial charge in [0.05, 0.1) is 26.0 Å². The first-order valence-corrected chi connectivity index (χ1v) is 12.1. The van der Waals surface area contributed by atoms with Gasteiger partial charge in [-0.25, -0.2) is 19.7 Å². The number of nitrogens with zero attached hydrogens (tertiary/aromatic N) is 5. The molecule has 2 saturated heterocycles. The number of anilines is 1. The molecule has 0 bridgehead atoms. The van der Waals surface area contributed by atoms with Crippen LogP contribution in [0.1, 0.15) is 39.5 Å². The van der Waals surface area contributed by atoms with Gasteiger partial charge in [-0.2, -0.15) is 11.8 Å². The number of imidazole rings is 1. The molecule has 2 aliphatic rings. The van der Waals surface area contributed by atoms with E-state index in [1.165, 1.54) is 12.7 Å². The standard InChI is InChI=1S/C21H29N5O4S/c1-3-29-16(27)10-15-11-31-12-21(15,20(28)30-4-2)26-14-24-17-18(22-13-23-19(17)26)25-8-6-5-7-9-25/h13-15H,3-12H2,1-2H3. The molecule has 0 aromatic carbocycles. The summed E-state index contributed by atoms with van der Waals surface area (Å²) in [4.78, 5) is 41.6. The van der Waals surface area contributed by atoms with E-state index in [0.717, 1.165) is 31.7 Å². The summed E-state index contributed by atoms with van der Waals surface area (Å²) in [6, 6.07) is 0. The highest BCUT2D eigenvalue weighted by molar-refractivity contribution is 7.99. The second-order valence-electron chi connectivity index (χ2n) is 7.90. The first-order valence-electron chi connectivity index (χ1n) is 11.0. The molecule has 2 aliphatic heterocycles. The fourth-order valence-corrected chi connectivity index (χ4v) is 6.16. The highest BCUT2D eigenvalue weighted by Crippen LogP contribution is 2.44. The molecular weight excluding hydrogens is 418 g/mol. The van der Waals surface area contributed by atoms with Gasteiger partial charge in [0, 0.05) is 24.8 Å². The second-order valence-corrected chi connectivity index (χ2v) is 8.93. The molecule has 0 aliphatic carbocycles. The summed E-state index contributed by atoms with van der Waals surface area (Å²) in [5, 5.41) is 0. The van der Waals surface area contributed by atoms with Crippen molar-refractivity contribution in [1.82, 2.24) is 19.5 Å². The zero-order chi connectivity index (χ0) is 21.8. The molecule has 0 saturated carbocycles. The van der Waals surface area contributed by atoms with Crippen molar-refractivity contribution in [2.24, 2.45) is 5.92 Å². The molecule has 2 fully saturated rings. The Kier molecular flexibility index (Phi) is 6.64. The molecule has 2 aromatic heterocycles. The van der Waals surface area contributed by atoms with Gasteiger partial charge in [-0.15, -0.1) is 0 Å². The van der Waals surface area contributed by atoms with E-state index in [1.54, 1.807) is 31.9 Å². The summed E-state index contributed by atoms with van der Waals surface area (Å²) in [7, 11) is 0. The highest BCUT2D eigenvalue weighted by Gasteiger charge is 2.54. The van der Waals surface area contributed by atoms with Crippen molar-refractivity contribution >= 4 is 40.7 Å². The van der Waals surface area contributed by atoms with Crippen LogP contribution in [0.15, 0.2) is 12.7 Å². The van der Waals surface area contributed by atoms with E-state index < -0.39 is 5.54 Å². The molecule has 10 heteroatoms. The average Bonchev–Trinajstić information content (AvgIpc) is 3.39. The fraction of sp³-hybridized carbons (Fsp3) is 0.667. The number of fused-ring (bicyclic) bond motifs is 1. The topological polar surface area (TPSA) is 99.4 Å². The minimum absolute atomic E-state index is 0.142. The third kappa shape index (κ3) is 3.97. The van der Waals surface area contributed by atoms with Crippen molar-refractivity contribution in [2.75, 3.05) is 42.7 Å². The third-order valence-electron chi connectivity index (χ3n) is 6.06. The maximum atomic E-state index is 13.4. The summed E-state index contributed by atoms with van der Waals surface area (Å²) in [6.07, 6.45) is 6.80.